The molecule has 2 aliphatic rings. The molecular formula is C26H35N3O4S. The van der Waals surface area contributed by atoms with Gasteiger partial charge in [-0.05, 0) is 61.9 Å². The van der Waals surface area contributed by atoms with Crippen LogP contribution in [0.2, 0.25) is 0 Å². The van der Waals surface area contributed by atoms with Gasteiger partial charge < -0.3 is 19.7 Å². The molecule has 2 saturated heterocycles. The minimum absolute atomic E-state index is 0.00749. The summed E-state index contributed by atoms with van der Waals surface area (Å²) in [5.41, 5.74) is 1.01. The molecule has 0 radical (unpaired) electrons. The number of ether oxygens (including phenoxy) is 2. The lowest BCUT2D eigenvalue weighted by molar-refractivity contribution is -0.126. The molecule has 7 nitrogen and oxygen atoms in total. The molecule has 0 saturated carbocycles. The Hall–Kier alpha value is -2.42. The number of piperidine rings is 1. The van der Waals surface area contributed by atoms with Gasteiger partial charge in [-0.3, -0.25) is 14.5 Å². The highest BCUT2D eigenvalue weighted by Gasteiger charge is 2.29. The number of carbonyl (C=O) groups is 2. The average Bonchev–Trinajstić information content (AvgIpc) is 3.43. The van der Waals surface area contributed by atoms with E-state index in [1.807, 2.05) is 46.7 Å². The number of rotatable bonds is 9. The Kier molecular flexibility index (Phi) is 8.96. The van der Waals surface area contributed by atoms with Gasteiger partial charge in [-0.15, -0.1) is 11.3 Å². The summed E-state index contributed by atoms with van der Waals surface area (Å²) in [5.74, 6) is 0.684. The maximum Gasteiger partial charge on any atom is 0.263 e. The Bertz CT molecular complexity index is 930. The van der Waals surface area contributed by atoms with Crippen LogP contribution in [0, 0.1) is 5.92 Å². The third-order valence-corrected chi connectivity index (χ3v) is 7.56. The zero-order chi connectivity index (χ0) is 23.8. The Morgan fingerprint density at radius 3 is 2.85 bits per heavy atom. The van der Waals surface area contributed by atoms with E-state index in [4.69, 9.17) is 9.47 Å². The first-order valence-electron chi connectivity index (χ1n) is 12.2. The van der Waals surface area contributed by atoms with E-state index in [-0.39, 0.29) is 17.7 Å². The Balaban J connectivity index is 1.21. The number of hydrogen-bond donors (Lipinski definition) is 1. The van der Waals surface area contributed by atoms with Crippen LogP contribution in [-0.2, 0) is 16.1 Å². The Labute approximate surface area is 206 Å². The summed E-state index contributed by atoms with van der Waals surface area (Å²) >= 11 is 1.45. The molecule has 1 atom stereocenters. The van der Waals surface area contributed by atoms with E-state index < -0.39 is 0 Å². The summed E-state index contributed by atoms with van der Waals surface area (Å²) in [7, 11) is 2.14. The van der Waals surface area contributed by atoms with Gasteiger partial charge >= 0.3 is 0 Å². The lowest BCUT2D eigenvalue weighted by Gasteiger charge is -2.31. The minimum atomic E-state index is -0.169. The van der Waals surface area contributed by atoms with E-state index in [1.54, 1.807) is 0 Å². The van der Waals surface area contributed by atoms with Gasteiger partial charge in [0.2, 0.25) is 5.91 Å². The number of likely N-dealkylation sites (N-methyl/N-ethyl adjacent to an activating group) is 1. The molecule has 3 heterocycles. The van der Waals surface area contributed by atoms with Gasteiger partial charge in [-0.2, -0.15) is 0 Å². The fourth-order valence-corrected chi connectivity index (χ4v) is 5.32. The second-order valence-corrected chi connectivity index (χ2v) is 10.1. The Morgan fingerprint density at radius 2 is 2.06 bits per heavy atom. The van der Waals surface area contributed by atoms with Gasteiger partial charge in [0.1, 0.15) is 12.4 Å². The highest BCUT2D eigenvalue weighted by molar-refractivity contribution is 7.12. The number of benzene rings is 1. The normalized spacial score (nSPS) is 19.2. The van der Waals surface area contributed by atoms with E-state index in [9.17, 15) is 9.59 Å². The van der Waals surface area contributed by atoms with Crippen molar-refractivity contribution in [2.75, 3.05) is 46.5 Å². The third kappa shape index (κ3) is 6.81. The molecule has 1 unspecified atom stereocenters. The quantitative estimate of drug-likeness (QED) is 0.590. The first-order chi connectivity index (χ1) is 16.6. The molecular weight excluding hydrogens is 450 g/mol. The van der Waals surface area contributed by atoms with Crippen LogP contribution < -0.4 is 10.1 Å². The van der Waals surface area contributed by atoms with Crippen molar-refractivity contribution in [1.82, 2.24) is 15.1 Å². The van der Waals surface area contributed by atoms with Gasteiger partial charge in [0.15, 0.2) is 0 Å². The average molecular weight is 486 g/mol. The van der Waals surface area contributed by atoms with Crippen LogP contribution in [0.1, 0.15) is 40.9 Å². The minimum Gasteiger partial charge on any atom is -0.492 e. The van der Waals surface area contributed by atoms with Crippen LogP contribution in [0.3, 0.4) is 0 Å². The maximum absolute atomic E-state index is 12.8. The van der Waals surface area contributed by atoms with E-state index in [0.717, 1.165) is 61.6 Å². The standard InChI is InChI=1S/C26H35N3O4S/c1-28(22-9-13-32-14-10-22)12-15-33-23-7-2-5-20(17-23)18-27-25(30)21-6-3-11-29(19-21)26(31)24-8-4-16-34-24/h2,4-5,7-8,16-17,21-22H,3,6,9-15,18-19H2,1H3,(H,27,30). The predicted molar refractivity (Wildman–Crippen MR) is 133 cm³/mol. The molecule has 8 heteroatoms. The molecule has 0 bridgehead atoms. The number of nitrogens with zero attached hydrogens (tertiary/aromatic N) is 2. The zero-order valence-corrected chi connectivity index (χ0v) is 20.7. The van der Waals surface area contributed by atoms with Crippen LogP contribution in [0.5, 0.6) is 5.75 Å². The monoisotopic (exact) mass is 485 g/mol. The van der Waals surface area contributed by atoms with Crippen LogP contribution in [0.25, 0.3) is 0 Å². The zero-order valence-electron chi connectivity index (χ0n) is 19.9. The molecule has 1 aromatic carbocycles. The van der Waals surface area contributed by atoms with E-state index in [2.05, 4.69) is 17.3 Å². The van der Waals surface area contributed by atoms with Crippen LogP contribution in [0.4, 0.5) is 0 Å². The summed E-state index contributed by atoms with van der Waals surface area (Å²) in [6.45, 7) is 4.82. The van der Waals surface area contributed by atoms with Crippen LogP contribution in [0.15, 0.2) is 41.8 Å². The number of likely N-dealkylation sites (tertiary alicyclic amines) is 1. The summed E-state index contributed by atoms with van der Waals surface area (Å²) in [6, 6.07) is 12.2. The fourth-order valence-electron chi connectivity index (χ4n) is 4.63. The van der Waals surface area contributed by atoms with Gasteiger partial charge in [0, 0.05) is 45.4 Å². The number of nitrogens with one attached hydrogen (secondary N) is 1. The summed E-state index contributed by atoms with van der Waals surface area (Å²) < 4.78 is 11.4. The largest absolute Gasteiger partial charge is 0.492 e. The molecule has 2 aromatic rings. The van der Waals surface area contributed by atoms with Gasteiger partial charge in [-0.25, -0.2) is 0 Å². The lowest BCUT2D eigenvalue weighted by Crippen LogP contribution is -2.45. The topological polar surface area (TPSA) is 71.1 Å². The molecule has 2 fully saturated rings. The second-order valence-electron chi connectivity index (χ2n) is 9.11. The number of thiophene rings is 1. The van der Waals surface area contributed by atoms with E-state index in [1.165, 1.54) is 11.3 Å². The summed E-state index contributed by atoms with van der Waals surface area (Å²) in [5, 5.41) is 4.96. The van der Waals surface area contributed by atoms with Gasteiger partial charge in [0.05, 0.1) is 10.8 Å². The summed E-state index contributed by atoms with van der Waals surface area (Å²) in [6.07, 6.45) is 3.81. The maximum atomic E-state index is 12.8. The molecule has 184 valence electrons. The first-order valence-corrected chi connectivity index (χ1v) is 13.1. The molecule has 1 N–H and O–H groups in total. The highest BCUT2D eigenvalue weighted by atomic mass is 32.1. The van der Waals surface area contributed by atoms with Crippen molar-refractivity contribution in [3.63, 3.8) is 0 Å². The number of hydrogen-bond acceptors (Lipinski definition) is 6. The highest BCUT2D eigenvalue weighted by Crippen LogP contribution is 2.21. The predicted octanol–water partition coefficient (Wildman–Crippen LogP) is 3.41. The second kappa shape index (κ2) is 12.3. The van der Waals surface area contributed by atoms with Crippen molar-refractivity contribution in [1.29, 1.82) is 0 Å². The molecule has 0 spiro atoms. The molecule has 2 amide bonds. The van der Waals surface area contributed by atoms with Gasteiger partial charge in [0.25, 0.3) is 5.91 Å². The van der Waals surface area contributed by atoms with Crippen molar-refractivity contribution in [2.24, 2.45) is 5.92 Å². The van der Waals surface area contributed by atoms with E-state index >= 15 is 0 Å². The third-order valence-electron chi connectivity index (χ3n) is 6.70. The molecule has 1 aromatic heterocycles. The molecule has 4 rings (SSSR count). The van der Waals surface area contributed by atoms with E-state index in [0.29, 0.717) is 32.3 Å². The van der Waals surface area contributed by atoms with Crippen LogP contribution in [-0.4, -0.2) is 74.2 Å². The SMILES string of the molecule is CN(CCOc1cccc(CNC(=O)C2CCCN(C(=O)c3cccs3)C2)c1)C1CCOCC1. The van der Waals surface area contributed by atoms with Crippen molar-refractivity contribution < 1.29 is 19.1 Å². The summed E-state index contributed by atoms with van der Waals surface area (Å²) in [4.78, 5) is 30.4. The molecule has 0 aliphatic carbocycles. The van der Waals surface area contributed by atoms with Crippen molar-refractivity contribution in [3.8, 4) is 5.75 Å². The lowest BCUT2D eigenvalue weighted by atomic mass is 9.97. The fraction of sp³-hybridized carbons (Fsp3) is 0.538. The van der Waals surface area contributed by atoms with Crippen molar-refractivity contribution in [2.45, 2.75) is 38.3 Å². The van der Waals surface area contributed by atoms with Crippen molar-refractivity contribution >= 4 is 23.2 Å². The first kappa shape index (κ1) is 24.7. The van der Waals surface area contributed by atoms with Crippen LogP contribution >= 0.6 is 11.3 Å². The number of amides is 2. The Morgan fingerprint density at radius 1 is 1.21 bits per heavy atom. The molecule has 2 aliphatic heterocycles. The molecule has 34 heavy (non-hydrogen) atoms. The van der Waals surface area contributed by atoms with Gasteiger partial charge in [-0.1, -0.05) is 18.2 Å². The number of carbonyl (C=O) groups excluding carboxylic acids is 2. The smallest absolute Gasteiger partial charge is 0.263 e. The van der Waals surface area contributed by atoms with Crippen molar-refractivity contribution in [3.05, 3.63) is 52.2 Å².